The maximum atomic E-state index is 13.4. The summed E-state index contributed by atoms with van der Waals surface area (Å²) in [6.45, 7) is 0.0586. The first-order valence-electron chi connectivity index (χ1n) is 8.44. The molecule has 2 aromatic rings. The minimum Gasteiger partial charge on any atom is -0.480 e. The van der Waals surface area contributed by atoms with Crippen LogP contribution in [0.5, 0.6) is 0 Å². The summed E-state index contributed by atoms with van der Waals surface area (Å²) in [5.41, 5.74) is 4.02. The van der Waals surface area contributed by atoms with Crippen LogP contribution in [0, 0.1) is 0 Å². The number of carbonyl (C=O) groups is 1. The van der Waals surface area contributed by atoms with Crippen molar-refractivity contribution in [3.63, 3.8) is 0 Å². The van der Waals surface area contributed by atoms with Gasteiger partial charge in [-0.25, -0.2) is 8.42 Å². The van der Waals surface area contributed by atoms with Gasteiger partial charge in [-0.3, -0.25) is 4.79 Å². The van der Waals surface area contributed by atoms with Gasteiger partial charge in [0.2, 0.25) is 10.0 Å². The number of carboxylic acids is 1. The van der Waals surface area contributed by atoms with Gasteiger partial charge in [-0.15, -0.1) is 0 Å². The van der Waals surface area contributed by atoms with E-state index in [0.29, 0.717) is 6.42 Å². The molecule has 6 nitrogen and oxygen atoms in total. The molecule has 0 bridgehead atoms. The molecule has 11 heteroatoms. The second-order valence-electron chi connectivity index (χ2n) is 6.56. The monoisotopic (exact) mass is 448 g/mol. The summed E-state index contributed by atoms with van der Waals surface area (Å²) in [4.78, 5) is 11.1. The van der Waals surface area contributed by atoms with Crippen molar-refractivity contribution in [2.24, 2.45) is 0 Å². The van der Waals surface area contributed by atoms with E-state index < -0.39 is 33.8 Å². The van der Waals surface area contributed by atoms with Crippen LogP contribution in [-0.4, -0.2) is 36.4 Å². The van der Waals surface area contributed by atoms with Gasteiger partial charge in [0.15, 0.2) is 0 Å². The Morgan fingerprint density at radius 3 is 2.38 bits per heavy atom. The Balaban J connectivity index is 2.03. The summed E-state index contributed by atoms with van der Waals surface area (Å²) in [6, 6.07) is 5.44. The lowest BCUT2D eigenvalue weighted by atomic mass is 9.98. The maximum absolute atomic E-state index is 13.4. The number of sulfonamides is 1. The molecule has 0 radical (unpaired) electrons. The van der Waals surface area contributed by atoms with E-state index in [1.54, 1.807) is 0 Å². The molecule has 29 heavy (non-hydrogen) atoms. The molecule has 0 aromatic heterocycles. The molecule has 0 unspecified atom stereocenters. The van der Waals surface area contributed by atoms with Gasteiger partial charge in [0.1, 0.15) is 6.04 Å². The molecule has 3 rings (SSSR count). The van der Waals surface area contributed by atoms with Crippen molar-refractivity contribution in [2.45, 2.75) is 30.0 Å². The summed E-state index contributed by atoms with van der Waals surface area (Å²) >= 11 is 5.99. The second-order valence-corrected chi connectivity index (χ2v) is 8.86. The molecule has 1 heterocycles. The molecule has 0 aliphatic carbocycles. The average molecular weight is 449 g/mol. The number of nitrogen functional groups attached to an aromatic ring is 1. The van der Waals surface area contributed by atoms with Crippen molar-refractivity contribution in [3.05, 3.63) is 47.0 Å². The van der Waals surface area contributed by atoms with Crippen molar-refractivity contribution in [1.29, 1.82) is 0 Å². The SMILES string of the molecule is Nc1cc(Cl)c(-c2ccc(S(=O)(=O)N3CCC[C@H]3C(=O)O)cc2)c(C(F)(F)F)c1. The fraction of sp³-hybridized carbons (Fsp3) is 0.278. The molecule has 0 amide bonds. The number of hydrogen-bond acceptors (Lipinski definition) is 4. The highest BCUT2D eigenvalue weighted by molar-refractivity contribution is 7.89. The van der Waals surface area contributed by atoms with Crippen molar-refractivity contribution in [1.82, 2.24) is 4.31 Å². The Labute approximate surface area is 169 Å². The molecule has 1 saturated heterocycles. The van der Waals surface area contributed by atoms with Crippen LogP contribution in [0.15, 0.2) is 41.3 Å². The lowest BCUT2D eigenvalue weighted by Gasteiger charge is -2.21. The number of aliphatic carboxylic acids is 1. The lowest BCUT2D eigenvalue weighted by molar-refractivity contribution is -0.140. The number of anilines is 1. The molecule has 1 fully saturated rings. The Morgan fingerprint density at radius 2 is 1.83 bits per heavy atom. The molecule has 1 atom stereocenters. The summed E-state index contributed by atoms with van der Waals surface area (Å²) in [7, 11) is -4.11. The number of halogens is 4. The Hall–Kier alpha value is -2.30. The third-order valence-corrected chi connectivity index (χ3v) is 6.88. The lowest BCUT2D eigenvalue weighted by Crippen LogP contribution is -2.40. The second kappa shape index (κ2) is 7.51. The van der Waals surface area contributed by atoms with Crippen LogP contribution in [-0.2, 0) is 21.0 Å². The summed E-state index contributed by atoms with van der Waals surface area (Å²) in [5.74, 6) is -1.24. The first-order valence-corrected chi connectivity index (χ1v) is 10.3. The smallest absolute Gasteiger partial charge is 0.417 e. The van der Waals surface area contributed by atoms with E-state index in [1.807, 2.05) is 0 Å². The van der Waals surface area contributed by atoms with E-state index in [9.17, 15) is 31.5 Å². The van der Waals surface area contributed by atoms with Gasteiger partial charge in [-0.1, -0.05) is 23.7 Å². The van der Waals surface area contributed by atoms with E-state index in [2.05, 4.69) is 0 Å². The molecule has 3 N–H and O–H groups in total. The fourth-order valence-corrected chi connectivity index (χ4v) is 5.34. The number of hydrogen-bond donors (Lipinski definition) is 2. The number of nitrogens with zero attached hydrogens (tertiary/aromatic N) is 1. The number of rotatable bonds is 4. The molecule has 1 aliphatic heterocycles. The first-order chi connectivity index (χ1) is 13.4. The molecule has 1 aliphatic rings. The number of benzene rings is 2. The van der Waals surface area contributed by atoms with Crippen LogP contribution in [0.1, 0.15) is 18.4 Å². The Kier molecular flexibility index (Phi) is 5.54. The topological polar surface area (TPSA) is 101 Å². The van der Waals surface area contributed by atoms with E-state index >= 15 is 0 Å². The normalized spacial score (nSPS) is 18.1. The molecular weight excluding hydrogens is 433 g/mol. The van der Waals surface area contributed by atoms with E-state index in [-0.39, 0.29) is 39.7 Å². The van der Waals surface area contributed by atoms with E-state index in [4.69, 9.17) is 17.3 Å². The largest absolute Gasteiger partial charge is 0.480 e. The van der Waals surface area contributed by atoms with E-state index in [0.717, 1.165) is 22.5 Å². The summed E-state index contributed by atoms with van der Waals surface area (Å²) in [5, 5.41) is 8.99. The Bertz CT molecular complexity index is 1060. The van der Waals surface area contributed by atoms with Crippen molar-refractivity contribution in [3.8, 4) is 11.1 Å². The maximum Gasteiger partial charge on any atom is 0.417 e. The standard InChI is InChI=1S/C18H16ClF3N2O4S/c19-14-9-11(23)8-13(18(20,21)22)16(14)10-3-5-12(6-4-10)29(27,28)24-7-1-2-15(24)17(25)26/h3-6,8-9,15H,1-2,7,23H2,(H,25,26)/t15-/m0/s1. The zero-order valence-corrected chi connectivity index (χ0v) is 16.4. The predicted octanol–water partition coefficient (Wildman–Crippen LogP) is 3.85. The first kappa shape index (κ1) is 21.4. The van der Waals surface area contributed by atoms with Crippen molar-refractivity contribution in [2.75, 3.05) is 12.3 Å². The Morgan fingerprint density at radius 1 is 1.21 bits per heavy atom. The third-order valence-electron chi connectivity index (χ3n) is 4.66. The fourth-order valence-electron chi connectivity index (χ4n) is 3.35. The highest BCUT2D eigenvalue weighted by Gasteiger charge is 2.39. The summed E-state index contributed by atoms with van der Waals surface area (Å²) < 4.78 is 66.7. The van der Waals surface area contributed by atoms with Crippen molar-refractivity contribution >= 4 is 33.3 Å². The van der Waals surface area contributed by atoms with Crippen LogP contribution in [0.25, 0.3) is 11.1 Å². The van der Waals surface area contributed by atoms with Crippen LogP contribution in [0.3, 0.4) is 0 Å². The van der Waals surface area contributed by atoms with Gasteiger partial charge in [-0.2, -0.15) is 17.5 Å². The molecule has 0 saturated carbocycles. The van der Waals surface area contributed by atoms with Crippen LogP contribution in [0.2, 0.25) is 5.02 Å². The number of nitrogens with two attached hydrogens (primary N) is 1. The summed E-state index contributed by atoms with van der Waals surface area (Å²) in [6.07, 6.45) is -4.11. The van der Waals surface area contributed by atoms with Crippen molar-refractivity contribution < 1.29 is 31.5 Å². The molecule has 2 aromatic carbocycles. The minimum atomic E-state index is -4.72. The van der Waals surface area contributed by atoms with Gasteiger partial charge in [0.05, 0.1) is 15.5 Å². The zero-order chi connectivity index (χ0) is 21.6. The van der Waals surface area contributed by atoms with Crippen LogP contribution in [0.4, 0.5) is 18.9 Å². The van der Waals surface area contributed by atoms with Gasteiger partial charge >= 0.3 is 12.1 Å². The van der Waals surface area contributed by atoms with Gasteiger partial charge in [-0.05, 0) is 42.7 Å². The van der Waals surface area contributed by atoms with Gasteiger partial charge in [0.25, 0.3) is 0 Å². The number of carboxylic acid groups (broad SMARTS) is 1. The van der Waals surface area contributed by atoms with Gasteiger partial charge < -0.3 is 10.8 Å². The van der Waals surface area contributed by atoms with Crippen LogP contribution < -0.4 is 5.73 Å². The molecule has 0 spiro atoms. The molecule has 156 valence electrons. The molecular formula is C18H16ClF3N2O4S. The predicted molar refractivity (Wildman–Crippen MR) is 101 cm³/mol. The van der Waals surface area contributed by atoms with Gasteiger partial charge in [0, 0.05) is 17.8 Å². The minimum absolute atomic E-state index is 0.0532. The average Bonchev–Trinajstić information content (AvgIpc) is 3.11. The zero-order valence-electron chi connectivity index (χ0n) is 14.8. The highest BCUT2D eigenvalue weighted by Crippen LogP contribution is 2.42. The number of alkyl halides is 3. The highest BCUT2D eigenvalue weighted by atomic mass is 35.5. The van der Waals surface area contributed by atoms with E-state index in [1.165, 1.54) is 18.2 Å². The van der Waals surface area contributed by atoms with Crippen LogP contribution >= 0.6 is 11.6 Å². The third kappa shape index (κ3) is 4.05. The quantitative estimate of drug-likeness (QED) is 0.692.